The molecule has 1 amide bonds. The van der Waals surface area contributed by atoms with Crippen LogP contribution in [-0.4, -0.2) is 31.2 Å². The highest BCUT2D eigenvalue weighted by atomic mass is 35.5. The molecule has 92 valence electrons. The zero-order valence-electron chi connectivity index (χ0n) is 8.62. The first kappa shape index (κ1) is 11.9. The van der Waals surface area contributed by atoms with Gasteiger partial charge in [0.2, 0.25) is 5.82 Å². The standard InChI is InChI=1S/C8H5ClN6O3/c9-6-2-1-5(15(17)18)7(11-6)12-8(16)4-3-10-14-13-4/h1-3H,(H,10,13,14)(H,11,12,16). The molecule has 0 bridgehead atoms. The predicted molar refractivity (Wildman–Crippen MR) is 60.2 cm³/mol. The van der Waals surface area contributed by atoms with E-state index in [9.17, 15) is 14.9 Å². The molecule has 0 aliphatic heterocycles. The van der Waals surface area contributed by atoms with Crippen molar-refractivity contribution < 1.29 is 9.72 Å². The van der Waals surface area contributed by atoms with Crippen LogP contribution in [-0.2, 0) is 0 Å². The Morgan fingerprint density at radius 3 is 2.89 bits per heavy atom. The number of hydrogen-bond donors (Lipinski definition) is 2. The number of carbonyl (C=O) groups excluding carboxylic acids is 1. The molecule has 2 heterocycles. The van der Waals surface area contributed by atoms with Crippen LogP contribution in [0.1, 0.15) is 10.5 Å². The summed E-state index contributed by atoms with van der Waals surface area (Å²) in [7, 11) is 0. The van der Waals surface area contributed by atoms with Crippen LogP contribution >= 0.6 is 11.6 Å². The molecule has 2 aromatic rings. The number of nitro groups is 1. The molecule has 0 saturated heterocycles. The van der Waals surface area contributed by atoms with Gasteiger partial charge in [-0.25, -0.2) is 4.98 Å². The molecule has 18 heavy (non-hydrogen) atoms. The van der Waals surface area contributed by atoms with Gasteiger partial charge in [-0.3, -0.25) is 20.2 Å². The largest absolute Gasteiger partial charge is 0.311 e. The predicted octanol–water partition coefficient (Wildman–Crippen LogP) is 1.01. The lowest BCUT2D eigenvalue weighted by Crippen LogP contribution is -2.14. The molecule has 0 aliphatic carbocycles. The highest BCUT2D eigenvalue weighted by Crippen LogP contribution is 2.24. The summed E-state index contributed by atoms with van der Waals surface area (Å²) in [6, 6.07) is 2.40. The van der Waals surface area contributed by atoms with E-state index in [1.54, 1.807) is 0 Å². The zero-order valence-corrected chi connectivity index (χ0v) is 9.38. The lowest BCUT2D eigenvalue weighted by atomic mass is 10.3. The second kappa shape index (κ2) is 4.75. The number of H-pyrrole nitrogens is 1. The van der Waals surface area contributed by atoms with Crippen molar-refractivity contribution >= 4 is 29.0 Å². The van der Waals surface area contributed by atoms with Crippen molar-refractivity contribution in [3.63, 3.8) is 0 Å². The van der Waals surface area contributed by atoms with Crippen LogP contribution in [0.2, 0.25) is 5.15 Å². The van der Waals surface area contributed by atoms with E-state index in [1.165, 1.54) is 12.3 Å². The van der Waals surface area contributed by atoms with Gasteiger partial charge < -0.3 is 0 Å². The highest BCUT2D eigenvalue weighted by Gasteiger charge is 2.19. The summed E-state index contributed by atoms with van der Waals surface area (Å²) in [5, 5.41) is 22.2. The number of hydrogen-bond acceptors (Lipinski definition) is 6. The van der Waals surface area contributed by atoms with Crippen molar-refractivity contribution in [2.24, 2.45) is 0 Å². The van der Waals surface area contributed by atoms with Crippen molar-refractivity contribution in [3.8, 4) is 0 Å². The molecule has 0 aliphatic rings. The van der Waals surface area contributed by atoms with Crippen LogP contribution in [0.3, 0.4) is 0 Å². The van der Waals surface area contributed by atoms with Crippen molar-refractivity contribution in [1.29, 1.82) is 0 Å². The number of aromatic amines is 1. The molecule has 9 nitrogen and oxygen atoms in total. The van der Waals surface area contributed by atoms with Gasteiger partial charge in [0.15, 0.2) is 5.69 Å². The fourth-order valence-corrected chi connectivity index (χ4v) is 1.30. The third kappa shape index (κ3) is 2.40. The normalized spacial score (nSPS) is 10.1. The van der Waals surface area contributed by atoms with Crippen LogP contribution in [0.5, 0.6) is 0 Å². The first-order valence-electron chi connectivity index (χ1n) is 4.56. The van der Waals surface area contributed by atoms with Gasteiger partial charge in [0.25, 0.3) is 5.91 Å². The molecule has 10 heteroatoms. The molecular formula is C8H5ClN6O3. The number of anilines is 1. The SMILES string of the molecule is O=C(Nc1nc(Cl)ccc1[N+](=O)[O-])c1cn[nH]n1. The Morgan fingerprint density at radius 1 is 1.50 bits per heavy atom. The van der Waals surface area contributed by atoms with Crippen molar-refractivity contribution in [2.75, 3.05) is 5.32 Å². The number of halogens is 1. The Balaban J connectivity index is 2.31. The summed E-state index contributed by atoms with van der Waals surface area (Å²) in [6.07, 6.45) is 1.17. The molecule has 0 saturated carbocycles. The first-order valence-corrected chi connectivity index (χ1v) is 4.94. The van der Waals surface area contributed by atoms with Gasteiger partial charge >= 0.3 is 5.69 Å². The number of amides is 1. The molecule has 0 atom stereocenters. The minimum Gasteiger partial charge on any atom is -0.299 e. The molecular weight excluding hydrogens is 264 g/mol. The maximum Gasteiger partial charge on any atom is 0.311 e. The summed E-state index contributed by atoms with van der Waals surface area (Å²) < 4.78 is 0. The van der Waals surface area contributed by atoms with E-state index >= 15 is 0 Å². The Labute approximate surface area is 104 Å². The second-order valence-corrected chi connectivity index (χ2v) is 3.46. The number of nitrogens with zero attached hydrogens (tertiary/aromatic N) is 4. The van der Waals surface area contributed by atoms with E-state index in [2.05, 4.69) is 25.7 Å². The summed E-state index contributed by atoms with van der Waals surface area (Å²) in [4.78, 5) is 25.4. The molecule has 2 N–H and O–H groups in total. The van der Waals surface area contributed by atoms with Crippen LogP contribution < -0.4 is 5.32 Å². The maximum absolute atomic E-state index is 11.6. The lowest BCUT2D eigenvalue weighted by Gasteiger charge is -2.03. The number of aromatic nitrogens is 4. The Morgan fingerprint density at radius 2 is 2.28 bits per heavy atom. The minimum absolute atomic E-state index is 0.0222. The monoisotopic (exact) mass is 268 g/mol. The quantitative estimate of drug-likeness (QED) is 0.486. The van der Waals surface area contributed by atoms with Crippen LogP contribution in [0.25, 0.3) is 0 Å². The minimum atomic E-state index is -0.679. The van der Waals surface area contributed by atoms with Crippen molar-refractivity contribution in [3.05, 3.63) is 39.3 Å². The summed E-state index contributed by atoms with van der Waals surface area (Å²) in [6.45, 7) is 0. The first-order chi connectivity index (χ1) is 8.58. The van der Waals surface area contributed by atoms with E-state index in [-0.39, 0.29) is 22.4 Å². The van der Waals surface area contributed by atoms with E-state index in [1.807, 2.05) is 0 Å². The third-order valence-corrected chi connectivity index (χ3v) is 2.13. The van der Waals surface area contributed by atoms with Crippen molar-refractivity contribution in [1.82, 2.24) is 20.4 Å². The molecule has 0 fully saturated rings. The number of rotatable bonds is 3. The lowest BCUT2D eigenvalue weighted by molar-refractivity contribution is -0.384. The van der Waals surface area contributed by atoms with Crippen LogP contribution in [0.4, 0.5) is 11.5 Å². The Hall–Kier alpha value is -2.55. The van der Waals surface area contributed by atoms with E-state index < -0.39 is 10.8 Å². The fourth-order valence-electron chi connectivity index (χ4n) is 1.15. The molecule has 0 spiro atoms. The van der Waals surface area contributed by atoms with E-state index in [0.717, 1.165) is 6.07 Å². The number of carbonyl (C=O) groups is 1. The maximum atomic E-state index is 11.6. The van der Waals surface area contributed by atoms with Gasteiger partial charge in [-0.05, 0) is 6.07 Å². The Kier molecular flexibility index (Phi) is 3.15. The van der Waals surface area contributed by atoms with Gasteiger partial charge in [0, 0.05) is 6.07 Å². The summed E-state index contributed by atoms with van der Waals surface area (Å²) >= 11 is 5.61. The third-order valence-electron chi connectivity index (χ3n) is 1.92. The van der Waals surface area contributed by atoms with E-state index in [4.69, 9.17) is 11.6 Å². The van der Waals surface area contributed by atoms with E-state index in [0.29, 0.717) is 0 Å². The van der Waals surface area contributed by atoms with Gasteiger partial charge in [-0.15, -0.1) is 0 Å². The molecule has 2 aromatic heterocycles. The van der Waals surface area contributed by atoms with Crippen molar-refractivity contribution in [2.45, 2.75) is 0 Å². The van der Waals surface area contributed by atoms with Gasteiger partial charge in [-0.1, -0.05) is 11.6 Å². The molecule has 0 radical (unpaired) electrons. The number of nitrogens with one attached hydrogen (secondary N) is 2. The average molecular weight is 269 g/mol. The summed E-state index contributed by atoms with van der Waals surface area (Å²) in [5.41, 5.74) is -0.387. The molecule has 0 aromatic carbocycles. The van der Waals surface area contributed by atoms with Gasteiger partial charge in [0.05, 0.1) is 11.1 Å². The Bertz CT molecular complexity index is 599. The van der Waals surface area contributed by atoms with Crippen LogP contribution in [0, 0.1) is 10.1 Å². The van der Waals surface area contributed by atoms with Gasteiger partial charge in [0.1, 0.15) is 5.15 Å². The van der Waals surface area contributed by atoms with Crippen LogP contribution in [0.15, 0.2) is 18.3 Å². The second-order valence-electron chi connectivity index (χ2n) is 3.07. The molecule has 0 unspecified atom stereocenters. The molecule has 2 rings (SSSR count). The average Bonchev–Trinajstić information content (AvgIpc) is 2.81. The number of pyridine rings is 1. The summed E-state index contributed by atoms with van der Waals surface area (Å²) in [5.74, 6) is -0.929. The van der Waals surface area contributed by atoms with Gasteiger partial charge in [-0.2, -0.15) is 15.4 Å². The fraction of sp³-hybridized carbons (Fsp3) is 0. The highest BCUT2D eigenvalue weighted by molar-refractivity contribution is 6.29. The zero-order chi connectivity index (χ0) is 13.1. The smallest absolute Gasteiger partial charge is 0.299 e. The topological polar surface area (TPSA) is 127 Å².